The van der Waals surface area contributed by atoms with E-state index in [2.05, 4.69) is 17.3 Å². The number of hydrogen-bond donors (Lipinski definition) is 2. The summed E-state index contributed by atoms with van der Waals surface area (Å²) in [5, 5.41) is 6.90. The highest BCUT2D eigenvalue weighted by molar-refractivity contribution is 5.90. The van der Waals surface area contributed by atoms with Crippen LogP contribution in [0.2, 0.25) is 0 Å². The Labute approximate surface area is 89.6 Å². The summed E-state index contributed by atoms with van der Waals surface area (Å²) in [7, 11) is 1.81. The van der Waals surface area contributed by atoms with E-state index < -0.39 is 0 Å². The lowest BCUT2D eigenvalue weighted by molar-refractivity contribution is -0.116. The number of nitrogens with two attached hydrogens (primary N) is 1. The van der Waals surface area contributed by atoms with Gasteiger partial charge in [-0.1, -0.05) is 13.3 Å². The van der Waals surface area contributed by atoms with Gasteiger partial charge in [-0.2, -0.15) is 5.10 Å². The molecule has 0 atom stereocenters. The van der Waals surface area contributed by atoms with Gasteiger partial charge in [0.05, 0.1) is 0 Å². The number of rotatable bonds is 5. The zero-order valence-corrected chi connectivity index (χ0v) is 9.29. The fourth-order valence-corrected chi connectivity index (χ4v) is 1.32. The minimum Gasteiger partial charge on any atom is -0.326 e. The van der Waals surface area contributed by atoms with Gasteiger partial charge in [-0.05, 0) is 6.42 Å². The first-order chi connectivity index (χ1) is 7.17. The Bertz CT molecular complexity index is 332. The third-order valence-corrected chi connectivity index (χ3v) is 2.14. The van der Waals surface area contributed by atoms with E-state index in [1.807, 2.05) is 6.20 Å². The number of nitrogens with zero attached hydrogens (tertiary/aromatic N) is 2. The lowest BCUT2D eigenvalue weighted by Gasteiger charge is -2.02. The Morgan fingerprint density at radius 2 is 2.40 bits per heavy atom. The van der Waals surface area contributed by atoms with Crippen molar-refractivity contribution in [2.45, 2.75) is 32.7 Å². The normalized spacial score (nSPS) is 10.3. The van der Waals surface area contributed by atoms with E-state index in [4.69, 9.17) is 5.73 Å². The van der Waals surface area contributed by atoms with E-state index >= 15 is 0 Å². The molecule has 0 radical (unpaired) electrons. The molecular formula is C10H18N4O. The molecule has 1 amide bonds. The van der Waals surface area contributed by atoms with E-state index in [-0.39, 0.29) is 5.91 Å². The van der Waals surface area contributed by atoms with Crippen molar-refractivity contribution in [1.29, 1.82) is 0 Å². The molecular weight excluding hydrogens is 192 g/mol. The Kier molecular flexibility index (Phi) is 4.30. The fraction of sp³-hybridized carbons (Fsp3) is 0.600. The fourth-order valence-electron chi connectivity index (χ4n) is 1.32. The number of amides is 1. The quantitative estimate of drug-likeness (QED) is 0.761. The summed E-state index contributed by atoms with van der Waals surface area (Å²) >= 11 is 0. The zero-order chi connectivity index (χ0) is 11.3. The van der Waals surface area contributed by atoms with Gasteiger partial charge in [0, 0.05) is 31.8 Å². The van der Waals surface area contributed by atoms with Crippen LogP contribution in [0.3, 0.4) is 0 Å². The number of aryl methyl sites for hydroxylation is 1. The van der Waals surface area contributed by atoms with Crippen molar-refractivity contribution in [3.8, 4) is 0 Å². The monoisotopic (exact) mass is 210 g/mol. The second-order valence-electron chi connectivity index (χ2n) is 3.53. The predicted molar refractivity (Wildman–Crippen MR) is 59.3 cm³/mol. The number of carbonyl (C=O) groups excluding carboxylic acids is 1. The van der Waals surface area contributed by atoms with Crippen LogP contribution in [-0.4, -0.2) is 15.7 Å². The molecule has 0 fully saturated rings. The van der Waals surface area contributed by atoms with Gasteiger partial charge >= 0.3 is 0 Å². The molecule has 84 valence electrons. The molecule has 0 saturated heterocycles. The maximum Gasteiger partial charge on any atom is 0.225 e. The first kappa shape index (κ1) is 11.7. The van der Waals surface area contributed by atoms with E-state index in [9.17, 15) is 4.79 Å². The highest BCUT2D eigenvalue weighted by Crippen LogP contribution is 2.12. The maximum atomic E-state index is 11.4. The van der Waals surface area contributed by atoms with Crippen molar-refractivity contribution < 1.29 is 4.79 Å². The van der Waals surface area contributed by atoms with Crippen molar-refractivity contribution >= 4 is 11.7 Å². The highest BCUT2D eigenvalue weighted by Gasteiger charge is 2.09. The minimum absolute atomic E-state index is 0.00486. The molecule has 1 rings (SSSR count). The van der Waals surface area contributed by atoms with Crippen LogP contribution < -0.4 is 11.1 Å². The Balaban J connectivity index is 2.59. The largest absolute Gasteiger partial charge is 0.326 e. The topological polar surface area (TPSA) is 72.9 Å². The number of carbonyl (C=O) groups is 1. The molecule has 0 aliphatic heterocycles. The SMILES string of the molecule is CCCCC(=O)Nc1nn(C)cc1CN. The van der Waals surface area contributed by atoms with Crippen LogP contribution in [-0.2, 0) is 18.4 Å². The summed E-state index contributed by atoms with van der Waals surface area (Å²) in [6.07, 6.45) is 4.27. The molecule has 0 aliphatic rings. The molecule has 0 bridgehead atoms. The van der Waals surface area contributed by atoms with Crippen LogP contribution in [0.1, 0.15) is 31.7 Å². The molecule has 0 unspecified atom stereocenters. The lowest BCUT2D eigenvalue weighted by Crippen LogP contribution is -2.13. The smallest absolute Gasteiger partial charge is 0.225 e. The summed E-state index contributed by atoms with van der Waals surface area (Å²) < 4.78 is 1.65. The van der Waals surface area contributed by atoms with Crippen LogP contribution >= 0.6 is 0 Å². The van der Waals surface area contributed by atoms with Crippen molar-refractivity contribution in [3.05, 3.63) is 11.8 Å². The van der Waals surface area contributed by atoms with Gasteiger partial charge in [0.2, 0.25) is 5.91 Å². The van der Waals surface area contributed by atoms with Crippen molar-refractivity contribution in [2.24, 2.45) is 12.8 Å². The van der Waals surface area contributed by atoms with Gasteiger partial charge in [-0.25, -0.2) is 0 Å². The Morgan fingerprint density at radius 1 is 1.67 bits per heavy atom. The van der Waals surface area contributed by atoms with Gasteiger partial charge in [0.25, 0.3) is 0 Å². The van der Waals surface area contributed by atoms with Gasteiger partial charge in [0.1, 0.15) is 0 Å². The molecule has 15 heavy (non-hydrogen) atoms. The summed E-state index contributed by atoms with van der Waals surface area (Å²) in [5.41, 5.74) is 6.40. The number of hydrogen-bond acceptors (Lipinski definition) is 3. The van der Waals surface area contributed by atoms with E-state index in [1.165, 1.54) is 0 Å². The lowest BCUT2D eigenvalue weighted by atomic mass is 10.2. The third-order valence-electron chi connectivity index (χ3n) is 2.14. The average molecular weight is 210 g/mol. The van der Waals surface area contributed by atoms with Crippen molar-refractivity contribution in [2.75, 3.05) is 5.32 Å². The highest BCUT2D eigenvalue weighted by atomic mass is 16.1. The average Bonchev–Trinajstić information content (AvgIpc) is 2.55. The molecule has 1 heterocycles. The van der Waals surface area contributed by atoms with Crippen LogP contribution in [0, 0.1) is 0 Å². The van der Waals surface area contributed by atoms with Crippen molar-refractivity contribution in [1.82, 2.24) is 9.78 Å². The van der Waals surface area contributed by atoms with E-state index in [0.29, 0.717) is 18.8 Å². The van der Waals surface area contributed by atoms with Gasteiger partial charge in [0.15, 0.2) is 5.82 Å². The summed E-state index contributed by atoms with van der Waals surface area (Å²) in [6, 6.07) is 0. The van der Waals surface area contributed by atoms with Gasteiger partial charge in [-0.15, -0.1) is 0 Å². The molecule has 3 N–H and O–H groups in total. The molecule has 0 spiro atoms. The second kappa shape index (κ2) is 5.50. The molecule has 1 aromatic heterocycles. The van der Waals surface area contributed by atoms with E-state index in [1.54, 1.807) is 11.7 Å². The first-order valence-electron chi connectivity index (χ1n) is 5.19. The Hall–Kier alpha value is -1.36. The second-order valence-corrected chi connectivity index (χ2v) is 3.53. The maximum absolute atomic E-state index is 11.4. The molecule has 1 aromatic rings. The standard InChI is InChI=1S/C10H18N4O/c1-3-4-5-9(15)12-10-8(6-11)7-14(2)13-10/h7H,3-6,11H2,1-2H3,(H,12,13,15). The Morgan fingerprint density at radius 3 is 3.00 bits per heavy atom. The van der Waals surface area contributed by atoms with Crippen LogP contribution in [0.25, 0.3) is 0 Å². The summed E-state index contributed by atoms with van der Waals surface area (Å²) in [6.45, 7) is 2.44. The number of anilines is 1. The first-order valence-corrected chi connectivity index (χ1v) is 5.19. The molecule has 0 saturated carbocycles. The van der Waals surface area contributed by atoms with Gasteiger partial charge < -0.3 is 11.1 Å². The van der Waals surface area contributed by atoms with Crippen LogP contribution in [0.4, 0.5) is 5.82 Å². The predicted octanol–water partition coefficient (Wildman–Crippen LogP) is 1.01. The molecule has 0 aliphatic carbocycles. The third kappa shape index (κ3) is 3.36. The number of nitrogens with one attached hydrogen (secondary N) is 1. The summed E-state index contributed by atoms with van der Waals surface area (Å²) in [5.74, 6) is 0.589. The molecule has 5 nitrogen and oxygen atoms in total. The zero-order valence-electron chi connectivity index (χ0n) is 9.29. The number of aromatic nitrogens is 2. The number of unbranched alkanes of at least 4 members (excludes halogenated alkanes) is 1. The van der Waals surface area contributed by atoms with Gasteiger partial charge in [-0.3, -0.25) is 9.48 Å². The molecule has 5 heteroatoms. The van der Waals surface area contributed by atoms with Crippen LogP contribution in [0.15, 0.2) is 6.20 Å². The van der Waals surface area contributed by atoms with E-state index in [0.717, 1.165) is 18.4 Å². The van der Waals surface area contributed by atoms with Crippen molar-refractivity contribution in [3.63, 3.8) is 0 Å². The summed E-state index contributed by atoms with van der Waals surface area (Å²) in [4.78, 5) is 11.4. The molecule has 0 aromatic carbocycles. The minimum atomic E-state index is 0.00486. The van der Waals surface area contributed by atoms with Crippen LogP contribution in [0.5, 0.6) is 0 Å².